The second-order valence-corrected chi connectivity index (χ2v) is 12.6. The molecule has 7 nitrogen and oxygen atoms in total. The highest BCUT2D eigenvalue weighted by Crippen LogP contribution is 2.66. The number of thioether (sulfide) groups is 1. The van der Waals surface area contributed by atoms with Gasteiger partial charge in [0.1, 0.15) is 6.04 Å². The summed E-state index contributed by atoms with van der Waals surface area (Å²) in [5.74, 6) is -1.65. The number of carbonyl (C=O) groups excluding carboxylic acids is 3. The first-order chi connectivity index (χ1) is 18.8. The van der Waals surface area contributed by atoms with E-state index in [1.165, 1.54) is 0 Å². The van der Waals surface area contributed by atoms with Crippen LogP contribution in [0.2, 0.25) is 0 Å². The zero-order valence-corrected chi connectivity index (χ0v) is 24.1. The van der Waals surface area contributed by atoms with E-state index in [1.54, 1.807) is 33.7 Å². The van der Waals surface area contributed by atoms with Crippen LogP contribution in [0.15, 0.2) is 43.5 Å². The molecule has 1 aromatic rings. The van der Waals surface area contributed by atoms with Crippen LogP contribution in [0.5, 0.6) is 0 Å². The highest BCUT2D eigenvalue weighted by Gasteiger charge is 2.74. The van der Waals surface area contributed by atoms with Gasteiger partial charge in [-0.05, 0) is 76.0 Å². The van der Waals surface area contributed by atoms with Crippen molar-refractivity contribution in [2.45, 2.75) is 74.8 Å². The molecule has 3 aliphatic rings. The third-order valence-corrected chi connectivity index (χ3v) is 10.3. The fraction of sp³-hybridized carbons (Fsp3) is 0.581. The van der Waals surface area contributed by atoms with Crippen LogP contribution in [0.1, 0.15) is 56.1 Å². The van der Waals surface area contributed by atoms with E-state index in [0.29, 0.717) is 39.0 Å². The van der Waals surface area contributed by atoms with E-state index in [-0.39, 0.29) is 29.6 Å². The Balaban J connectivity index is 1.69. The number of benzene rings is 1. The molecule has 3 aliphatic heterocycles. The number of aliphatic hydroxyl groups excluding tert-OH is 1. The molecule has 0 saturated carbocycles. The van der Waals surface area contributed by atoms with E-state index < -0.39 is 22.6 Å². The fourth-order valence-electron chi connectivity index (χ4n) is 6.60. The number of hydrogen-bond donors (Lipinski definition) is 1. The highest BCUT2D eigenvalue weighted by molar-refractivity contribution is 8.02. The third kappa shape index (κ3) is 5.55. The van der Waals surface area contributed by atoms with E-state index >= 15 is 0 Å². The molecule has 0 aliphatic carbocycles. The molecule has 39 heavy (non-hydrogen) atoms. The van der Waals surface area contributed by atoms with Crippen molar-refractivity contribution in [2.24, 2.45) is 11.8 Å². The number of hydrogen-bond acceptors (Lipinski definition) is 6. The molecular formula is C31H42N2O5S. The number of aryl methyl sites for hydroxylation is 2. The molecule has 2 unspecified atom stereocenters. The molecule has 1 spiro atoms. The normalized spacial score (nSPS) is 26.9. The van der Waals surface area contributed by atoms with Crippen LogP contribution in [-0.4, -0.2) is 70.1 Å². The largest absolute Gasteiger partial charge is 0.465 e. The lowest BCUT2D eigenvalue weighted by atomic mass is 9.71. The number of unbranched alkanes of at least 4 members (excludes halogenated alkanes) is 3. The molecule has 5 atom stereocenters. The summed E-state index contributed by atoms with van der Waals surface area (Å²) in [6.07, 6.45) is 8.59. The van der Waals surface area contributed by atoms with Crippen LogP contribution in [0, 0.1) is 25.7 Å². The van der Waals surface area contributed by atoms with Crippen LogP contribution in [0.4, 0.5) is 5.69 Å². The van der Waals surface area contributed by atoms with Gasteiger partial charge in [-0.25, -0.2) is 0 Å². The fourth-order valence-corrected chi connectivity index (χ4v) is 8.80. The van der Waals surface area contributed by atoms with Crippen molar-refractivity contribution < 1.29 is 24.2 Å². The minimum atomic E-state index is -0.669. The molecule has 2 amide bonds. The van der Waals surface area contributed by atoms with Gasteiger partial charge in [0.05, 0.1) is 23.2 Å². The van der Waals surface area contributed by atoms with Crippen molar-refractivity contribution in [1.29, 1.82) is 0 Å². The Hall–Kier alpha value is -2.58. The molecular weight excluding hydrogens is 512 g/mol. The van der Waals surface area contributed by atoms with Gasteiger partial charge >= 0.3 is 5.97 Å². The van der Waals surface area contributed by atoms with Gasteiger partial charge in [-0.2, -0.15) is 0 Å². The first-order valence-electron chi connectivity index (χ1n) is 14.2. The average molecular weight is 555 g/mol. The van der Waals surface area contributed by atoms with Crippen LogP contribution in [-0.2, 0) is 19.1 Å². The molecule has 3 fully saturated rings. The minimum Gasteiger partial charge on any atom is -0.465 e. The van der Waals surface area contributed by atoms with Gasteiger partial charge in [0, 0.05) is 30.6 Å². The Morgan fingerprint density at radius 1 is 1.21 bits per heavy atom. The molecule has 2 bridgehead atoms. The highest BCUT2D eigenvalue weighted by atomic mass is 32.2. The maximum Gasteiger partial charge on any atom is 0.310 e. The Bertz CT molecular complexity index is 1110. The molecule has 0 radical (unpaired) electrons. The number of carbonyl (C=O) groups is 3. The Kier molecular flexibility index (Phi) is 9.60. The summed E-state index contributed by atoms with van der Waals surface area (Å²) in [7, 11) is 0. The zero-order chi connectivity index (χ0) is 28.2. The number of ether oxygens (including phenoxy) is 1. The van der Waals surface area contributed by atoms with E-state index in [9.17, 15) is 19.5 Å². The van der Waals surface area contributed by atoms with Crippen molar-refractivity contribution in [3.63, 3.8) is 0 Å². The summed E-state index contributed by atoms with van der Waals surface area (Å²) >= 11 is 1.66. The summed E-state index contributed by atoms with van der Waals surface area (Å²) in [4.78, 5) is 45.6. The van der Waals surface area contributed by atoms with Gasteiger partial charge in [0.25, 0.3) is 5.91 Å². The number of aliphatic hydroxyl groups is 1. The topological polar surface area (TPSA) is 87.1 Å². The smallest absolute Gasteiger partial charge is 0.310 e. The van der Waals surface area contributed by atoms with Gasteiger partial charge in [-0.15, -0.1) is 24.9 Å². The zero-order valence-electron chi connectivity index (χ0n) is 23.3. The number of esters is 1. The van der Waals surface area contributed by atoms with Crippen molar-refractivity contribution >= 4 is 35.2 Å². The summed E-state index contributed by atoms with van der Waals surface area (Å²) in [6.45, 7) is 12.8. The number of amides is 2. The van der Waals surface area contributed by atoms with E-state index in [0.717, 1.165) is 42.5 Å². The van der Waals surface area contributed by atoms with Gasteiger partial charge in [0.2, 0.25) is 5.91 Å². The van der Waals surface area contributed by atoms with Crippen LogP contribution in [0.25, 0.3) is 0 Å². The summed E-state index contributed by atoms with van der Waals surface area (Å²) in [5, 5.41) is 9.24. The average Bonchev–Trinajstić information content (AvgIpc) is 3.56. The maximum atomic E-state index is 14.6. The Morgan fingerprint density at radius 2 is 2.00 bits per heavy atom. The number of fused-ring (bicyclic) bond motifs is 1. The maximum absolute atomic E-state index is 14.6. The van der Waals surface area contributed by atoms with E-state index in [4.69, 9.17) is 4.74 Å². The van der Waals surface area contributed by atoms with Crippen molar-refractivity contribution in [2.75, 3.05) is 31.2 Å². The summed E-state index contributed by atoms with van der Waals surface area (Å²) in [6, 6.07) is 5.38. The molecule has 1 aromatic carbocycles. The third-order valence-electron chi connectivity index (χ3n) is 8.39. The number of anilines is 1. The molecule has 3 heterocycles. The minimum absolute atomic E-state index is 0.0220. The summed E-state index contributed by atoms with van der Waals surface area (Å²) < 4.78 is 5.00. The number of allylic oxidation sites excluding steroid dienone is 1. The second kappa shape index (κ2) is 12.7. The molecule has 4 rings (SSSR count). The predicted octanol–water partition coefficient (Wildman–Crippen LogP) is 4.59. The quantitative estimate of drug-likeness (QED) is 0.206. The lowest BCUT2D eigenvalue weighted by Gasteiger charge is -2.37. The van der Waals surface area contributed by atoms with Crippen molar-refractivity contribution in [1.82, 2.24) is 4.90 Å². The number of likely N-dealkylation sites (tertiary alicyclic amines) is 1. The molecule has 212 valence electrons. The molecule has 1 N–H and O–H groups in total. The summed E-state index contributed by atoms with van der Waals surface area (Å²) in [5.41, 5.74) is 2.85. The van der Waals surface area contributed by atoms with Crippen molar-refractivity contribution in [3.05, 3.63) is 54.6 Å². The van der Waals surface area contributed by atoms with Gasteiger partial charge < -0.3 is 19.6 Å². The standard InChI is InChI=1S/C31H42N2O5S/c1-5-7-11-19-38-30(37)25-24-14-15-31(39-24)26(25)28(35)33(17-9-8-10-18-34)27(31)29(36)32(16-6-2)23-20-21(3)12-13-22(23)4/h5-6,12-13,20,24-27,34H,1-2,7-11,14-19H2,3-4H3/t24-,25+,26+,27?,31?/m1/s1. The lowest BCUT2D eigenvalue weighted by Crippen LogP contribution is -2.55. The second-order valence-electron chi connectivity index (χ2n) is 11.0. The predicted molar refractivity (Wildman–Crippen MR) is 156 cm³/mol. The Labute approximate surface area is 236 Å². The van der Waals surface area contributed by atoms with Gasteiger partial charge in [0.15, 0.2) is 0 Å². The van der Waals surface area contributed by atoms with Crippen LogP contribution >= 0.6 is 11.8 Å². The van der Waals surface area contributed by atoms with E-state index in [2.05, 4.69) is 13.2 Å². The van der Waals surface area contributed by atoms with Gasteiger partial charge in [-0.1, -0.05) is 24.3 Å². The molecule has 3 saturated heterocycles. The monoisotopic (exact) mass is 554 g/mol. The van der Waals surface area contributed by atoms with E-state index in [1.807, 2.05) is 32.0 Å². The Morgan fingerprint density at radius 3 is 2.72 bits per heavy atom. The first-order valence-corrected chi connectivity index (χ1v) is 15.0. The van der Waals surface area contributed by atoms with Crippen LogP contribution in [0.3, 0.4) is 0 Å². The van der Waals surface area contributed by atoms with Crippen LogP contribution < -0.4 is 4.90 Å². The van der Waals surface area contributed by atoms with Crippen molar-refractivity contribution in [3.8, 4) is 0 Å². The number of rotatable bonds is 14. The lowest BCUT2D eigenvalue weighted by molar-refractivity contribution is -0.154. The SMILES string of the molecule is C=CCCCOC(=O)[C@@H]1[C@H]2C(=O)N(CCCCCO)C(C(=O)N(CC=C)c3cc(C)ccc3C)C23CC[C@H]1S3. The number of nitrogens with zero attached hydrogens (tertiary/aromatic N) is 2. The first kappa shape index (κ1) is 29.4. The van der Waals surface area contributed by atoms with Gasteiger partial charge in [-0.3, -0.25) is 14.4 Å². The molecule has 0 aromatic heterocycles. The molecule has 8 heteroatoms.